The molecular weight excluding hydrogens is 298 g/mol. The minimum absolute atomic E-state index is 0.134. The molecule has 8 heteroatoms. The summed E-state index contributed by atoms with van der Waals surface area (Å²) in [5, 5.41) is 2.93. The van der Waals surface area contributed by atoms with Gasteiger partial charge in [0.05, 0.1) is 26.3 Å². The molecular formula is C15H19N5O3. The van der Waals surface area contributed by atoms with Crippen molar-refractivity contribution in [2.75, 3.05) is 19.5 Å². The first-order valence-electron chi connectivity index (χ1n) is 6.87. The standard InChI is InChI=1S/C15H19N5O3/c1-9-17-7-10(14(21)19-9)8-18-15(16)20-11-4-5-12(22-2)13(6-11)23-3/h4-7H,8H2,1-3H3,(H3,16,18,20)(H,17,19,21). The number of aromatic amines is 1. The van der Waals surface area contributed by atoms with Crippen LogP contribution < -0.4 is 26.1 Å². The molecule has 0 atom stereocenters. The van der Waals surface area contributed by atoms with Gasteiger partial charge in [0, 0.05) is 18.0 Å². The first-order chi connectivity index (χ1) is 11.0. The van der Waals surface area contributed by atoms with Gasteiger partial charge in [0.15, 0.2) is 17.5 Å². The second kappa shape index (κ2) is 7.30. The lowest BCUT2D eigenvalue weighted by molar-refractivity contribution is 0.355. The number of guanidine groups is 1. The van der Waals surface area contributed by atoms with Crippen LogP contribution in [-0.4, -0.2) is 30.1 Å². The average Bonchev–Trinajstić information content (AvgIpc) is 2.54. The SMILES string of the molecule is COc1ccc(NC(N)=NCc2cnc(C)[nH]c2=O)cc1OC. The lowest BCUT2D eigenvalue weighted by atomic mass is 10.3. The molecule has 0 radical (unpaired) electrons. The molecule has 0 amide bonds. The Kier molecular flexibility index (Phi) is 5.19. The van der Waals surface area contributed by atoms with Gasteiger partial charge in [0.25, 0.3) is 5.56 Å². The Morgan fingerprint density at radius 1 is 1.35 bits per heavy atom. The molecule has 2 rings (SSSR count). The van der Waals surface area contributed by atoms with Gasteiger partial charge < -0.3 is 25.5 Å². The first-order valence-corrected chi connectivity index (χ1v) is 6.87. The van der Waals surface area contributed by atoms with Crippen LogP contribution in [-0.2, 0) is 6.54 Å². The normalized spacial score (nSPS) is 11.2. The van der Waals surface area contributed by atoms with Gasteiger partial charge in [-0.15, -0.1) is 0 Å². The average molecular weight is 317 g/mol. The van der Waals surface area contributed by atoms with E-state index in [-0.39, 0.29) is 18.1 Å². The van der Waals surface area contributed by atoms with E-state index in [2.05, 4.69) is 20.3 Å². The van der Waals surface area contributed by atoms with Crippen molar-refractivity contribution in [3.05, 3.63) is 46.1 Å². The monoisotopic (exact) mass is 317 g/mol. The highest BCUT2D eigenvalue weighted by atomic mass is 16.5. The second-order valence-corrected chi connectivity index (χ2v) is 4.72. The number of aryl methyl sites for hydroxylation is 1. The van der Waals surface area contributed by atoms with Crippen molar-refractivity contribution in [2.24, 2.45) is 10.7 Å². The lowest BCUT2D eigenvalue weighted by Crippen LogP contribution is -2.23. The molecule has 8 nitrogen and oxygen atoms in total. The summed E-state index contributed by atoms with van der Waals surface area (Å²) in [6.45, 7) is 1.84. The zero-order chi connectivity index (χ0) is 16.8. The number of hydrogen-bond acceptors (Lipinski definition) is 5. The molecule has 0 bridgehead atoms. The third-order valence-electron chi connectivity index (χ3n) is 3.08. The molecule has 122 valence electrons. The van der Waals surface area contributed by atoms with E-state index in [1.54, 1.807) is 39.3 Å². The summed E-state index contributed by atoms with van der Waals surface area (Å²) >= 11 is 0. The number of hydrogen-bond donors (Lipinski definition) is 3. The number of ether oxygens (including phenoxy) is 2. The van der Waals surface area contributed by atoms with Crippen LogP contribution in [0.2, 0.25) is 0 Å². The molecule has 0 saturated heterocycles. The highest BCUT2D eigenvalue weighted by Crippen LogP contribution is 2.29. The van der Waals surface area contributed by atoms with Gasteiger partial charge in [0.2, 0.25) is 0 Å². The van der Waals surface area contributed by atoms with Crippen molar-refractivity contribution in [1.29, 1.82) is 0 Å². The summed E-state index contributed by atoms with van der Waals surface area (Å²) < 4.78 is 10.4. The number of aliphatic imine (C=N–C) groups is 1. The summed E-state index contributed by atoms with van der Waals surface area (Å²) in [5.74, 6) is 1.92. The van der Waals surface area contributed by atoms with Crippen molar-refractivity contribution >= 4 is 11.6 Å². The summed E-state index contributed by atoms with van der Waals surface area (Å²) in [7, 11) is 3.11. The molecule has 0 fully saturated rings. The number of H-pyrrole nitrogens is 1. The maximum atomic E-state index is 11.7. The van der Waals surface area contributed by atoms with Crippen molar-refractivity contribution < 1.29 is 9.47 Å². The van der Waals surface area contributed by atoms with Gasteiger partial charge in [-0.05, 0) is 19.1 Å². The molecule has 0 saturated carbocycles. The molecule has 0 aliphatic rings. The Morgan fingerprint density at radius 3 is 2.74 bits per heavy atom. The molecule has 23 heavy (non-hydrogen) atoms. The third-order valence-corrected chi connectivity index (χ3v) is 3.08. The molecule has 0 spiro atoms. The Morgan fingerprint density at radius 2 is 2.09 bits per heavy atom. The van der Waals surface area contributed by atoms with Crippen molar-refractivity contribution in [3.8, 4) is 11.5 Å². The fourth-order valence-corrected chi connectivity index (χ4v) is 1.89. The van der Waals surface area contributed by atoms with E-state index in [1.165, 1.54) is 6.20 Å². The number of rotatable bonds is 5. The van der Waals surface area contributed by atoms with Gasteiger partial charge in [-0.2, -0.15) is 0 Å². The van der Waals surface area contributed by atoms with E-state index in [4.69, 9.17) is 15.2 Å². The van der Waals surface area contributed by atoms with E-state index in [9.17, 15) is 4.79 Å². The zero-order valence-corrected chi connectivity index (χ0v) is 13.2. The molecule has 1 aromatic carbocycles. The maximum Gasteiger partial charge on any atom is 0.255 e. The van der Waals surface area contributed by atoms with Crippen LogP contribution in [0.5, 0.6) is 11.5 Å². The number of nitrogens with two attached hydrogens (primary N) is 1. The van der Waals surface area contributed by atoms with E-state index in [1.807, 2.05) is 0 Å². The summed E-state index contributed by atoms with van der Waals surface area (Å²) in [4.78, 5) is 22.5. The molecule has 0 aliphatic carbocycles. The highest BCUT2D eigenvalue weighted by molar-refractivity contribution is 5.92. The van der Waals surface area contributed by atoms with Crippen LogP contribution in [0.25, 0.3) is 0 Å². The smallest absolute Gasteiger partial charge is 0.255 e. The molecule has 2 aromatic rings. The minimum Gasteiger partial charge on any atom is -0.493 e. The largest absolute Gasteiger partial charge is 0.493 e. The number of methoxy groups -OCH3 is 2. The highest BCUT2D eigenvalue weighted by Gasteiger charge is 2.05. The fraction of sp³-hybridized carbons (Fsp3) is 0.267. The van der Waals surface area contributed by atoms with Crippen LogP contribution in [0.1, 0.15) is 11.4 Å². The molecule has 0 unspecified atom stereocenters. The number of aromatic nitrogens is 2. The van der Waals surface area contributed by atoms with Crippen LogP contribution in [0.3, 0.4) is 0 Å². The summed E-state index contributed by atoms with van der Waals surface area (Å²) in [5.41, 5.74) is 6.74. The molecule has 1 aromatic heterocycles. The Labute approximate surface area is 133 Å². The van der Waals surface area contributed by atoms with E-state index in [0.717, 1.165) is 0 Å². The lowest BCUT2D eigenvalue weighted by Gasteiger charge is -2.10. The minimum atomic E-state index is -0.222. The molecule has 4 N–H and O–H groups in total. The number of anilines is 1. The summed E-state index contributed by atoms with van der Waals surface area (Å²) in [6.07, 6.45) is 1.49. The van der Waals surface area contributed by atoms with Crippen LogP contribution in [0.4, 0.5) is 5.69 Å². The topological polar surface area (TPSA) is 115 Å². The van der Waals surface area contributed by atoms with Crippen LogP contribution >= 0.6 is 0 Å². The zero-order valence-electron chi connectivity index (χ0n) is 13.2. The Balaban J connectivity index is 2.09. The van der Waals surface area contributed by atoms with Gasteiger partial charge in [-0.3, -0.25) is 4.79 Å². The summed E-state index contributed by atoms with van der Waals surface area (Å²) in [6, 6.07) is 5.27. The van der Waals surface area contributed by atoms with Gasteiger partial charge in [0.1, 0.15) is 5.82 Å². The van der Waals surface area contributed by atoms with Gasteiger partial charge in [-0.25, -0.2) is 9.98 Å². The third kappa shape index (κ3) is 4.22. The van der Waals surface area contributed by atoms with Crippen LogP contribution in [0, 0.1) is 6.92 Å². The van der Waals surface area contributed by atoms with E-state index in [0.29, 0.717) is 28.6 Å². The quantitative estimate of drug-likeness (QED) is 0.560. The molecule has 0 aliphatic heterocycles. The van der Waals surface area contributed by atoms with Crippen molar-refractivity contribution in [2.45, 2.75) is 13.5 Å². The van der Waals surface area contributed by atoms with Crippen molar-refractivity contribution in [3.63, 3.8) is 0 Å². The second-order valence-electron chi connectivity index (χ2n) is 4.72. The predicted octanol–water partition coefficient (Wildman–Crippen LogP) is 1.02. The number of nitrogens with one attached hydrogen (secondary N) is 2. The van der Waals surface area contributed by atoms with Gasteiger partial charge >= 0.3 is 0 Å². The fourth-order valence-electron chi connectivity index (χ4n) is 1.89. The first kappa shape index (κ1) is 16.3. The van der Waals surface area contributed by atoms with Crippen LogP contribution in [0.15, 0.2) is 34.2 Å². The van der Waals surface area contributed by atoms with E-state index < -0.39 is 0 Å². The number of nitrogens with zero attached hydrogens (tertiary/aromatic N) is 2. The van der Waals surface area contributed by atoms with E-state index >= 15 is 0 Å². The molecule has 1 heterocycles. The number of benzene rings is 1. The Hall–Kier alpha value is -3.03. The van der Waals surface area contributed by atoms with Gasteiger partial charge in [-0.1, -0.05) is 0 Å². The van der Waals surface area contributed by atoms with Crippen molar-refractivity contribution in [1.82, 2.24) is 9.97 Å². The maximum absolute atomic E-state index is 11.7. The Bertz CT molecular complexity index is 770. The predicted molar refractivity (Wildman–Crippen MR) is 88.1 cm³/mol.